The summed E-state index contributed by atoms with van der Waals surface area (Å²) in [6.45, 7) is 14.5. The lowest BCUT2D eigenvalue weighted by Gasteiger charge is -2.47. The molecule has 1 saturated heterocycles. The van der Waals surface area contributed by atoms with Gasteiger partial charge >= 0.3 is 18.3 Å². The first kappa shape index (κ1) is 36.7. The third-order valence-corrected chi connectivity index (χ3v) is 6.32. The van der Waals surface area contributed by atoms with Crippen molar-refractivity contribution in [3.8, 4) is 0 Å². The van der Waals surface area contributed by atoms with Gasteiger partial charge in [0.2, 0.25) is 0 Å². The van der Waals surface area contributed by atoms with Crippen molar-refractivity contribution in [2.45, 2.75) is 147 Å². The number of aliphatic hydroxyl groups excluding tert-OH is 4. The van der Waals surface area contributed by atoms with E-state index in [1.54, 1.807) is 62.3 Å². The first-order valence-electron chi connectivity index (χ1n) is 14.2. The van der Waals surface area contributed by atoms with E-state index < -0.39 is 96.1 Å². The zero-order valence-electron chi connectivity index (χ0n) is 26.3. The minimum atomic E-state index is -1.75. The molecule has 4 unspecified atom stereocenters. The fourth-order valence-electron chi connectivity index (χ4n) is 4.59. The maximum absolute atomic E-state index is 12.8. The molecule has 0 bridgehead atoms. The van der Waals surface area contributed by atoms with Crippen LogP contribution < -0.4 is 21.7 Å². The molecule has 250 valence electrons. The number of hydrogen-bond donors (Lipinski definition) is 8. The predicted octanol–water partition coefficient (Wildman–Crippen LogP) is -0.418. The molecule has 2 rings (SSSR count). The summed E-state index contributed by atoms with van der Waals surface area (Å²) in [6.07, 6.45) is -13.5. The van der Waals surface area contributed by atoms with E-state index in [0.717, 1.165) is 0 Å². The zero-order valence-corrected chi connectivity index (χ0v) is 26.3. The highest BCUT2D eigenvalue weighted by Crippen LogP contribution is 2.30. The molecule has 0 spiro atoms. The molecule has 0 aromatic carbocycles. The van der Waals surface area contributed by atoms with Crippen LogP contribution in [0.2, 0.25) is 0 Å². The molecule has 0 aromatic rings. The Morgan fingerprint density at radius 3 is 1.58 bits per heavy atom. The van der Waals surface area contributed by atoms with Crippen LogP contribution in [-0.2, 0) is 23.7 Å². The summed E-state index contributed by atoms with van der Waals surface area (Å²) in [7, 11) is 0. The van der Waals surface area contributed by atoms with E-state index >= 15 is 0 Å². The fourth-order valence-corrected chi connectivity index (χ4v) is 4.59. The van der Waals surface area contributed by atoms with Crippen LogP contribution >= 0.6 is 0 Å². The van der Waals surface area contributed by atoms with E-state index in [0.29, 0.717) is 0 Å². The van der Waals surface area contributed by atoms with Crippen LogP contribution in [0.5, 0.6) is 0 Å². The highest BCUT2D eigenvalue weighted by molar-refractivity contribution is 5.69. The summed E-state index contributed by atoms with van der Waals surface area (Å²) >= 11 is 0. The molecule has 16 nitrogen and oxygen atoms in total. The van der Waals surface area contributed by atoms with Crippen LogP contribution in [0.1, 0.15) is 68.7 Å². The number of alkyl carbamates (subject to hydrolysis) is 3. The molecule has 16 heteroatoms. The van der Waals surface area contributed by atoms with Crippen molar-refractivity contribution >= 4 is 18.3 Å². The van der Waals surface area contributed by atoms with Gasteiger partial charge in [-0.05, 0) is 68.7 Å². The van der Waals surface area contributed by atoms with Gasteiger partial charge in [-0.3, -0.25) is 0 Å². The van der Waals surface area contributed by atoms with Gasteiger partial charge in [0.25, 0.3) is 0 Å². The van der Waals surface area contributed by atoms with Gasteiger partial charge < -0.3 is 65.8 Å². The smallest absolute Gasteiger partial charge is 0.408 e. The summed E-state index contributed by atoms with van der Waals surface area (Å²) < 4.78 is 27.7. The summed E-state index contributed by atoms with van der Waals surface area (Å²) in [5.74, 6) is 0. The molecular weight excluding hydrogens is 572 g/mol. The molecule has 0 aromatic heterocycles. The van der Waals surface area contributed by atoms with Crippen LogP contribution in [0.15, 0.2) is 0 Å². The monoisotopic (exact) mass is 622 g/mol. The number of amides is 3. The molecule has 1 aliphatic carbocycles. The second kappa shape index (κ2) is 14.1. The Labute approximate surface area is 251 Å². The second-order valence-corrected chi connectivity index (χ2v) is 13.8. The molecule has 0 radical (unpaired) electrons. The number of carbonyl (C=O) groups excluding carboxylic acids is 3. The van der Waals surface area contributed by atoms with Crippen molar-refractivity contribution in [2.24, 2.45) is 5.73 Å². The molecule has 1 aliphatic heterocycles. The first-order chi connectivity index (χ1) is 19.5. The highest BCUT2D eigenvalue weighted by atomic mass is 16.7. The third-order valence-electron chi connectivity index (χ3n) is 6.32. The summed E-state index contributed by atoms with van der Waals surface area (Å²) in [5.41, 5.74) is 3.08. The largest absolute Gasteiger partial charge is 0.444 e. The van der Waals surface area contributed by atoms with E-state index in [1.165, 1.54) is 0 Å². The lowest BCUT2D eigenvalue weighted by Crippen LogP contribution is -2.69. The number of carbonyl (C=O) groups is 3. The quantitative estimate of drug-likeness (QED) is 0.176. The van der Waals surface area contributed by atoms with Gasteiger partial charge in [-0.25, -0.2) is 14.4 Å². The molecule has 9 N–H and O–H groups in total. The minimum Gasteiger partial charge on any atom is -0.444 e. The summed E-state index contributed by atoms with van der Waals surface area (Å²) in [6, 6.07) is -3.65. The van der Waals surface area contributed by atoms with Crippen molar-refractivity contribution in [1.82, 2.24) is 16.0 Å². The molecular formula is C27H50N4O12. The van der Waals surface area contributed by atoms with Crippen molar-refractivity contribution in [1.29, 1.82) is 0 Å². The van der Waals surface area contributed by atoms with E-state index in [2.05, 4.69) is 16.0 Å². The number of rotatable bonds is 6. The Morgan fingerprint density at radius 1 is 0.698 bits per heavy atom. The van der Waals surface area contributed by atoms with E-state index in [-0.39, 0.29) is 13.0 Å². The Bertz CT molecular complexity index is 963. The maximum Gasteiger partial charge on any atom is 0.408 e. The average molecular weight is 623 g/mol. The second-order valence-electron chi connectivity index (χ2n) is 13.8. The number of nitrogens with two attached hydrogens (primary N) is 1. The van der Waals surface area contributed by atoms with Gasteiger partial charge in [0.05, 0.1) is 12.1 Å². The van der Waals surface area contributed by atoms with E-state index in [4.69, 9.17) is 29.4 Å². The highest BCUT2D eigenvalue weighted by Gasteiger charge is 2.51. The number of nitrogens with one attached hydrogen (secondary N) is 3. The molecule has 2 aliphatic rings. The van der Waals surface area contributed by atoms with Gasteiger partial charge in [-0.2, -0.15) is 0 Å². The standard InChI is InChI=1S/C27H50N4O12/c1-25(2,3)41-22(36)29-12-10-13(30-23(37)42-26(4,5)6)20(19(35)16(12)32)40-21-15(31-24(38)43-27(7,8)9)18(34)17(33)14(11-28)39-21/h12-21,32-35H,10-11,28H2,1-9H3,(H,29,36)(H,30,37)(H,31,38)/t12-,13?,14?,15?,16?,17+,18+,19+,20+,21+/m0/s1. The van der Waals surface area contributed by atoms with E-state index in [9.17, 15) is 34.8 Å². The van der Waals surface area contributed by atoms with Crippen LogP contribution in [0.4, 0.5) is 14.4 Å². The maximum atomic E-state index is 12.8. The van der Waals surface area contributed by atoms with Crippen LogP contribution in [0.3, 0.4) is 0 Å². The molecule has 3 amide bonds. The van der Waals surface area contributed by atoms with Crippen molar-refractivity contribution in [3.05, 3.63) is 0 Å². The first-order valence-corrected chi connectivity index (χ1v) is 14.2. The Balaban J connectivity index is 2.39. The average Bonchev–Trinajstić information content (AvgIpc) is 2.80. The predicted molar refractivity (Wildman–Crippen MR) is 151 cm³/mol. The molecule has 1 heterocycles. The normalized spacial score (nSPS) is 33.6. The van der Waals surface area contributed by atoms with Crippen LogP contribution in [-0.4, -0.2) is 123 Å². The number of hydrogen-bond acceptors (Lipinski definition) is 13. The minimum absolute atomic E-state index is 0.163. The van der Waals surface area contributed by atoms with Gasteiger partial charge in [0.15, 0.2) is 6.29 Å². The molecule has 1 saturated carbocycles. The Kier molecular flexibility index (Phi) is 12.0. The third kappa shape index (κ3) is 11.2. The van der Waals surface area contributed by atoms with Crippen LogP contribution in [0, 0.1) is 0 Å². The SMILES string of the molecule is CC(C)(C)OC(=O)NC1[C@@H](O[C@@H]2C(NC(=O)OC(C)(C)C)C[C@H](NC(=O)OC(C)(C)C)C(O)[C@H]2O)OC(CN)[C@@H](O)[C@@H]1O. The van der Waals surface area contributed by atoms with E-state index in [1.807, 2.05) is 0 Å². The Morgan fingerprint density at radius 2 is 1.14 bits per heavy atom. The zero-order chi connectivity index (χ0) is 33.1. The van der Waals surface area contributed by atoms with Crippen molar-refractivity contribution in [3.63, 3.8) is 0 Å². The van der Waals surface area contributed by atoms with Gasteiger partial charge in [0.1, 0.15) is 59.5 Å². The summed E-state index contributed by atoms with van der Waals surface area (Å²) in [4.78, 5) is 37.8. The fraction of sp³-hybridized carbons (Fsp3) is 0.889. The Hall–Kier alpha value is -2.47. The molecule has 10 atom stereocenters. The van der Waals surface area contributed by atoms with Crippen LogP contribution in [0.25, 0.3) is 0 Å². The molecule has 2 fully saturated rings. The lowest BCUT2D eigenvalue weighted by atomic mass is 9.83. The van der Waals surface area contributed by atoms with Crippen molar-refractivity contribution in [2.75, 3.05) is 6.54 Å². The number of aliphatic hydroxyl groups is 4. The summed E-state index contributed by atoms with van der Waals surface area (Å²) in [5, 5.41) is 51.1. The topological polar surface area (TPSA) is 240 Å². The lowest BCUT2D eigenvalue weighted by molar-refractivity contribution is -0.292. The van der Waals surface area contributed by atoms with Gasteiger partial charge in [-0.1, -0.05) is 0 Å². The number of ether oxygens (including phenoxy) is 5. The van der Waals surface area contributed by atoms with Gasteiger partial charge in [0, 0.05) is 6.54 Å². The van der Waals surface area contributed by atoms with Gasteiger partial charge in [-0.15, -0.1) is 0 Å². The van der Waals surface area contributed by atoms with Crippen molar-refractivity contribution < 1.29 is 58.5 Å². The molecule has 43 heavy (non-hydrogen) atoms.